The third-order valence-electron chi connectivity index (χ3n) is 2.24. The summed E-state index contributed by atoms with van der Waals surface area (Å²) in [6, 6.07) is 11.2. The number of hydrogen-bond acceptors (Lipinski definition) is 3. The number of isocyanates is 1. The number of benzene rings is 1. The molecule has 2 rings (SSSR count). The first-order valence-electron chi connectivity index (χ1n) is 5.14. The molecule has 3 nitrogen and oxygen atoms in total. The summed E-state index contributed by atoms with van der Waals surface area (Å²) in [7, 11) is 0. The number of pyridine rings is 1. The summed E-state index contributed by atoms with van der Waals surface area (Å²) >= 11 is 0. The van der Waals surface area contributed by atoms with Crippen LogP contribution in [0.25, 0.3) is 12.2 Å². The molecule has 0 radical (unpaired) electrons. The first-order chi connectivity index (χ1) is 8.38. The molecule has 0 amide bonds. The van der Waals surface area contributed by atoms with Gasteiger partial charge in [0, 0.05) is 12.4 Å². The average Bonchev–Trinajstić information content (AvgIpc) is 2.40. The van der Waals surface area contributed by atoms with Crippen molar-refractivity contribution in [1.29, 1.82) is 0 Å². The molecule has 17 heavy (non-hydrogen) atoms. The standard InChI is InChI=1S/C14H10N2O/c17-11-16-14-5-3-12(4-6-14)1-2-13-7-9-15-10-8-13/h1-10H. The topological polar surface area (TPSA) is 42.3 Å². The summed E-state index contributed by atoms with van der Waals surface area (Å²) in [4.78, 5) is 17.5. The highest BCUT2D eigenvalue weighted by Gasteiger charge is 1.90. The Morgan fingerprint density at radius 3 is 2.12 bits per heavy atom. The van der Waals surface area contributed by atoms with Gasteiger partial charge in [0.15, 0.2) is 0 Å². The van der Waals surface area contributed by atoms with Crippen molar-refractivity contribution in [2.45, 2.75) is 0 Å². The number of rotatable bonds is 3. The van der Waals surface area contributed by atoms with Crippen LogP contribution in [0.4, 0.5) is 5.69 Å². The van der Waals surface area contributed by atoms with Gasteiger partial charge in [0.1, 0.15) is 0 Å². The van der Waals surface area contributed by atoms with E-state index in [2.05, 4.69) is 9.98 Å². The SMILES string of the molecule is O=C=Nc1ccc(C=Cc2ccncc2)cc1. The van der Waals surface area contributed by atoms with Crippen LogP contribution < -0.4 is 0 Å². The van der Waals surface area contributed by atoms with Gasteiger partial charge in [-0.2, -0.15) is 4.99 Å². The van der Waals surface area contributed by atoms with E-state index in [0.717, 1.165) is 11.1 Å². The molecule has 0 unspecified atom stereocenters. The van der Waals surface area contributed by atoms with Crippen molar-refractivity contribution in [2.24, 2.45) is 4.99 Å². The van der Waals surface area contributed by atoms with Gasteiger partial charge >= 0.3 is 0 Å². The Bertz CT molecular complexity index is 553. The first kappa shape index (κ1) is 11.0. The van der Waals surface area contributed by atoms with Crippen molar-refractivity contribution in [3.05, 3.63) is 59.9 Å². The molecule has 0 bridgehead atoms. The second kappa shape index (κ2) is 5.54. The van der Waals surface area contributed by atoms with Crippen molar-refractivity contribution in [3.63, 3.8) is 0 Å². The minimum atomic E-state index is 0.612. The van der Waals surface area contributed by atoms with Crippen LogP contribution in [0.5, 0.6) is 0 Å². The van der Waals surface area contributed by atoms with Crippen LogP contribution in [0.2, 0.25) is 0 Å². The predicted octanol–water partition coefficient (Wildman–Crippen LogP) is 3.22. The second-order valence-corrected chi connectivity index (χ2v) is 3.41. The lowest BCUT2D eigenvalue weighted by molar-refractivity contribution is 0.565. The lowest BCUT2D eigenvalue weighted by atomic mass is 10.1. The quantitative estimate of drug-likeness (QED) is 0.591. The minimum Gasteiger partial charge on any atom is -0.265 e. The molecule has 1 aromatic carbocycles. The predicted molar refractivity (Wildman–Crippen MR) is 67.4 cm³/mol. The highest BCUT2D eigenvalue weighted by molar-refractivity contribution is 5.70. The Hall–Kier alpha value is -2.51. The maximum Gasteiger partial charge on any atom is 0.240 e. The lowest BCUT2D eigenvalue weighted by Crippen LogP contribution is -1.73. The molecule has 0 spiro atoms. The van der Waals surface area contributed by atoms with Gasteiger partial charge in [0.25, 0.3) is 0 Å². The fraction of sp³-hybridized carbons (Fsp3) is 0. The average molecular weight is 222 g/mol. The maximum absolute atomic E-state index is 10.1. The van der Waals surface area contributed by atoms with Crippen molar-refractivity contribution >= 4 is 23.9 Å². The lowest BCUT2D eigenvalue weighted by Gasteiger charge is -1.94. The Morgan fingerprint density at radius 1 is 0.941 bits per heavy atom. The molecule has 82 valence electrons. The number of aromatic nitrogens is 1. The zero-order chi connectivity index (χ0) is 11.9. The fourth-order valence-electron chi connectivity index (χ4n) is 1.38. The number of nitrogens with zero attached hydrogens (tertiary/aromatic N) is 2. The summed E-state index contributed by atoms with van der Waals surface area (Å²) in [5.74, 6) is 0. The molecule has 0 aliphatic carbocycles. The maximum atomic E-state index is 10.1. The highest BCUT2D eigenvalue weighted by atomic mass is 16.1. The zero-order valence-corrected chi connectivity index (χ0v) is 9.08. The van der Waals surface area contributed by atoms with Crippen LogP contribution >= 0.6 is 0 Å². The monoisotopic (exact) mass is 222 g/mol. The van der Waals surface area contributed by atoms with Crippen LogP contribution in [-0.4, -0.2) is 11.1 Å². The van der Waals surface area contributed by atoms with E-state index in [1.165, 1.54) is 6.08 Å². The van der Waals surface area contributed by atoms with Crippen LogP contribution in [0.3, 0.4) is 0 Å². The molecular formula is C14H10N2O. The van der Waals surface area contributed by atoms with Crippen LogP contribution in [0.1, 0.15) is 11.1 Å². The number of hydrogen-bond donors (Lipinski definition) is 0. The summed E-state index contributed by atoms with van der Waals surface area (Å²) in [5, 5.41) is 0. The summed E-state index contributed by atoms with van der Waals surface area (Å²) in [6.07, 6.45) is 9.00. The van der Waals surface area contributed by atoms with E-state index in [1.807, 2.05) is 36.4 Å². The highest BCUT2D eigenvalue weighted by Crippen LogP contribution is 2.14. The number of carbonyl (C=O) groups excluding carboxylic acids is 1. The molecule has 0 saturated carbocycles. The van der Waals surface area contributed by atoms with Gasteiger partial charge in [-0.1, -0.05) is 24.3 Å². The molecule has 1 heterocycles. The van der Waals surface area contributed by atoms with Gasteiger partial charge < -0.3 is 0 Å². The van der Waals surface area contributed by atoms with E-state index in [9.17, 15) is 4.79 Å². The van der Waals surface area contributed by atoms with E-state index in [4.69, 9.17) is 0 Å². The van der Waals surface area contributed by atoms with Crippen molar-refractivity contribution in [1.82, 2.24) is 4.98 Å². The Labute approximate surface area is 99.2 Å². The molecule has 0 atom stereocenters. The smallest absolute Gasteiger partial charge is 0.240 e. The third-order valence-corrected chi connectivity index (χ3v) is 2.24. The van der Waals surface area contributed by atoms with Gasteiger partial charge in [0.05, 0.1) is 5.69 Å². The molecular weight excluding hydrogens is 212 g/mol. The Morgan fingerprint density at radius 2 is 1.53 bits per heavy atom. The van der Waals surface area contributed by atoms with E-state index in [1.54, 1.807) is 24.5 Å². The van der Waals surface area contributed by atoms with Gasteiger partial charge in [-0.3, -0.25) is 4.98 Å². The van der Waals surface area contributed by atoms with Crippen molar-refractivity contribution < 1.29 is 4.79 Å². The Kier molecular flexibility index (Phi) is 3.58. The van der Waals surface area contributed by atoms with Crippen molar-refractivity contribution in [3.8, 4) is 0 Å². The molecule has 0 aliphatic rings. The van der Waals surface area contributed by atoms with Crippen LogP contribution in [0, 0.1) is 0 Å². The molecule has 2 aromatic rings. The van der Waals surface area contributed by atoms with E-state index in [0.29, 0.717) is 5.69 Å². The van der Waals surface area contributed by atoms with Gasteiger partial charge in [-0.05, 0) is 35.4 Å². The first-order valence-corrected chi connectivity index (χ1v) is 5.14. The largest absolute Gasteiger partial charge is 0.265 e. The molecule has 0 aliphatic heterocycles. The van der Waals surface area contributed by atoms with E-state index < -0.39 is 0 Å². The van der Waals surface area contributed by atoms with E-state index >= 15 is 0 Å². The molecule has 1 aromatic heterocycles. The normalized spacial score (nSPS) is 10.1. The summed E-state index contributed by atoms with van der Waals surface area (Å²) < 4.78 is 0. The molecule has 0 saturated heterocycles. The minimum absolute atomic E-state index is 0.612. The molecule has 3 heteroatoms. The zero-order valence-electron chi connectivity index (χ0n) is 9.08. The van der Waals surface area contributed by atoms with Crippen LogP contribution in [-0.2, 0) is 4.79 Å². The second-order valence-electron chi connectivity index (χ2n) is 3.41. The molecule has 0 fully saturated rings. The van der Waals surface area contributed by atoms with Crippen molar-refractivity contribution in [2.75, 3.05) is 0 Å². The van der Waals surface area contributed by atoms with Gasteiger partial charge in [0.2, 0.25) is 6.08 Å². The third kappa shape index (κ3) is 3.23. The van der Waals surface area contributed by atoms with E-state index in [-0.39, 0.29) is 0 Å². The molecule has 0 N–H and O–H groups in total. The summed E-state index contributed by atoms with van der Waals surface area (Å²) in [6.45, 7) is 0. The summed E-state index contributed by atoms with van der Waals surface area (Å²) in [5.41, 5.74) is 2.75. The van der Waals surface area contributed by atoms with Gasteiger partial charge in [-0.15, -0.1) is 0 Å². The number of aliphatic imine (C=N–C) groups is 1. The van der Waals surface area contributed by atoms with Crippen LogP contribution in [0.15, 0.2) is 53.8 Å². The Balaban J connectivity index is 2.14. The van der Waals surface area contributed by atoms with Gasteiger partial charge in [-0.25, -0.2) is 4.79 Å². The fourth-order valence-corrected chi connectivity index (χ4v) is 1.38.